The normalized spacial score (nSPS) is 13.2. The van der Waals surface area contributed by atoms with Crippen LogP contribution in [0, 0.1) is 0 Å². The summed E-state index contributed by atoms with van der Waals surface area (Å²) in [4.78, 5) is 11.6. The van der Waals surface area contributed by atoms with Gasteiger partial charge < -0.3 is 5.73 Å². The Bertz CT molecular complexity index is 497. The maximum absolute atomic E-state index is 11.6. The van der Waals surface area contributed by atoms with E-state index in [2.05, 4.69) is 0 Å². The van der Waals surface area contributed by atoms with Crippen LogP contribution in [0.25, 0.3) is 0 Å². The zero-order chi connectivity index (χ0) is 14.3. The first kappa shape index (κ1) is 15.9. The standard InChI is InChI=1S/C14H21NO3S/c1-19(17,18)11-5-8-13(16)9-10-14(15)12-6-3-2-4-7-12/h2-4,6-7,14H,5,8-11,15H2,1H3. The molecule has 0 saturated heterocycles. The van der Waals surface area contributed by atoms with E-state index in [1.165, 1.54) is 6.26 Å². The monoisotopic (exact) mass is 283 g/mol. The predicted molar refractivity (Wildman–Crippen MR) is 76.6 cm³/mol. The van der Waals surface area contributed by atoms with Crippen LogP contribution in [-0.2, 0) is 14.6 Å². The Kier molecular flexibility index (Phi) is 6.18. The summed E-state index contributed by atoms with van der Waals surface area (Å²) in [6.45, 7) is 0. The Morgan fingerprint density at radius 1 is 1.21 bits per heavy atom. The number of rotatable bonds is 8. The van der Waals surface area contributed by atoms with Crippen LogP contribution < -0.4 is 5.73 Å². The molecule has 0 heterocycles. The average Bonchev–Trinajstić information content (AvgIpc) is 2.35. The lowest BCUT2D eigenvalue weighted by Gasteiger charge is -2.11. The fourth-order valence-corrected chi connectivity index (χ4v) is 2.51. The molecule has 0 aliphatic rings. The van der Waals surface area contributed by atoms with E-state index in [-0.39, 0.29) is 17.6 Å². The summed E-state index contributed by atoms with van der Waals surface area (Å²) >= 11 is 0. The van der Waals surface area contributed by atoms with Gasteiger partial charge in [0.25, 0.3) is 0 Å². The Morgan fingerprint density at radius 2 is 1.84 bits per heavy atom. The quantitative estimate of drug-likeness (QED) is 0.790. The molecule has 0 amide bonds. The molecule has 0 fully saturated rings. The molecule has 0 spiro atoms. The molecule has 4 nitrogen and oxygen atoms in total. The van der Waals surface area contributed by atoms with Gasteiger partial charge in [0.2, 0.25) is 0 Å². The molecule has 0 saturated carbocycles. The summed E-state index contributed by atoms with van der Waals surface area (Å²) in [6, 6.07) is 9.51. The number of ketones is 1. The Labute approximate surface area is 114 Å². The van der Waals surface area contributed by atoms with E-state index in [0.717, 1.165) is 5.56 Å². The summed E-state index contributed by atoms with van der Waals surface area (Å²) in [7, 11) is -2.97. The molecule has 1 rings (SSSR count). The van der Waals surface area contributed by atoms with E-state index in [1.807, 2.05) is 30.3 Å². The molecular weight excluding hydrogens is 262 g/mol. The molecule has 1 atom stereocenters. The van der Waals surface area contributed by atoms with Crippen LogP contribution in [0.2, 0.25) is 0 Å². The Hall–Kier alpha value is -1.20. The summed E-state index contributed by atoms with van der Waals surface area (Å²) in [6.07, 6.45) is 2.90. The molecule has 1 unspecified atom stereocenters. The van der Waals surface area contributed by atoms with Crippen molar-refractivity contribution in [3.8, 4) is 0 Å². The third-order valence-corrected chi connectivity index (χ3v) is 3.96. The van der Waals surface area contributed by atoms with Crippen LogP contribution in [0.15, 0.2) is 30.3 Å². The molecule has 0 bridgehead atoms. The third kappa shape index (κ3) is 7.08. The molecule has 0 aromatic heterocycles. The lowest BCUT2D eigenvalue weighted by atomic mass is 10.0. The number of Topliss-reactive ketones (excluding diaryl/α,β-unsaturated/α-hetero) is 1. The van der Waals surface area contributed by atoms with Crippen molar-refractivity contribution in [3.05, 3.63) is 35.9 Å². The van der Waals surface area contributed by atoms with Crippen molar-refractivity contribution in [3.63, 3.8) is 0 Å². The molecule has 1 aromatic rings. The van der Waals surface area contributed by atoms with Crippen molar-refractivity contribution in [2.75, 3.05) is 12.0 Å². The van der Waals surface area contributed by atoms with Crippen molar-refractivity contribution >= 4 is 15.6 Å². The molecule has 0 aliphatic heterocycles. The molecular formula is C14H21NO3S. The highest BCUT2D eigenvalue weighted by atomic mass is 32.2. The highest BCUT2D eigenvalue weighted by molar-refractivity contribution is 7.90. The fourth-order valence-electron chi connectivity index (χ4n) is 1.84. The van der Waals surface area contributed by atoms with Gasteiger partial charge >= 0.3 is 0 Å². The number of hydrogen-bond acceptors (Lipinski definition) is 4. The highest BCUT2D eigenvalue weighted by Crippen LogP contribution is 2.16. The highest BCUT2D eigenvalue weighted by Gasteiger charge is 2.10. The van der Waals surface area contributed by atoms with Crippen LogP contribution in [0.3, 0.4) is 0 Å². The molecule has 2 N–H and O–H groups in total. The van der Waals surface area contributed by atoms with Crippen LogP contribution in [-0.4, -0.2) is 26.2 Å². The number of carbonyl (C=O) groups excluding carboxylic acids is 1. The van der Waals surface area contributed by atoms with Crippen molar-refractivity contribution in [1.82, 2.24) is 0 Å². The lowest BCUT2D eigenvalue weighted by molar-refractivity contribution is -0.119. The first-order valence-corrected chi connectivity index (χ1v) is 8.44. The average molecular weight is 283 g/mol. The van der Waals surface area contributed by atoms with Crippen molar-refractivity contribution in [2.24, 2.45) is 5.73 Å². The van der Waals surface area contributed by atoms with Gasteiger partial charge in [0.05, 0.1) is 5.75 Å². The third-order valence-electron chi connectivity index (χ3n) is 2.93. The second kappa shape index (κ2) is 7.40. The minimum absolute atomic E-state index is 0.0729. The number of nitrogens with two attached hydrogens (primary N) is 1. The summed E-state index contributed by atoms with van der Waals surface area (Å²) in [5.41, 5.74) is 7.01. The maximum Gasteiger partial charge on any atom is 0.147 e. The SMILES string of the molecule is CS(=O)(=O)CCCC(=O)CCC(N)c1ccccc1. The summed E-state index contributed by atoms with van der Waals surface area (Å²) < 4.78 is 21.9. The van der Waals surface area contributed by atoms with E-state index >= 15 is 0 Å². The molecule has 19 heavy (non-hydrogen) atoms. The van der Waals surface area contributed by atoms with Gasteiger partial charge in [-0.05, 0) is 18.4 Å². The van der Waals surface area contributed by atoms with Gasteiger partial charge in [0.15, 0.2) is 0 Å². The Morgan fingerprint density at radius 3 is 2.42 bits per heavy atom. The zero-order valence-corrected chi connectivity index (χ0v) is 12.0. The topological polar surface area (TPSA) is 77.2 Å². The molecule has 106 valence electrons. The van der Waals surface area contributed by atoms with Crippen LogP contribution in [0.4, 0.5) is 0 Å². The van der Waals surface area contributed by atoms with E-state index < -0.39 is 9.84 Å². The van der Waals surface area contributed by atoms with Gasteiger partial charge in [-0.1, -0.05) is 30.3 Å². The number of hydrogen-bond donors (Lipinski definition) is 1. The first-order valence-electron chi connectivity index (χ1n) is 6.38. The Balaban J connectivity index is 2.27. The molecule has 5 heteroatoms. The van der Waals surface area contributed by atoms with E-state index in [0.29, 0.717) is 25.7 Å². The first-order chi connectivity index (χ1) is 8.88. The predicted octanol–water partition coefficient (Wildman–Crippen LogP) is 1.86. The summed E-state index contributed by atoms with van der Waals surface area (Å²) in [5.74, 6) is 0.152. The zero-order valence-electron chi connectivity index (χ0n) is 11.2. The van der Waals surface area contributed by atoms with Crippen molar-refractivity contribution in [2.45, 2.75) is 31.7 Å². The minimum atomic E-state index is -2.97. The second-order valence-corrected chi connectivity index (χ2v) is 7.09. The number of carbonyl (C=O) groups is 1. The lowest BCUT2D eigenvalue weighted by Crippen LogP contribution is -2.13. The van der Waals surface area contributed by atoms with E-state index in [4.69, 9.17) is 5.73 Å². The van der Waals surface area contributed by atoms with Gasteiger partial charge in [-0.15, -0.1) is 0 Å². The molecule has 0 radical (unpaired) electrons. The summed E-state index contributed by atoms with van der Waals surface area (Å²) in [5, 5.41) is 0. The van der Waals surface area contributed by atoms with Crippen LogP contribution in [0.1, 0.15) is 37.3 Å². The van der Waals surface area contributed by atoms with Gasteiger partial charge in [0.1, 0.15) is 15.6 Å². The van der Waals surface area contributed by atoms with E-state index in [1.54, 1.807) is 0 Å². The van der Waals surface area contributed by atoms with Crippen molar-refractivity contribution in [1.29, 1.82) is 0 Å². The minimum Gasteiger partial charge on any atom is -0.324 e. The molecule has 0 aliphatic carbocycles. The van der Waals surface area contributed by atoms with Crippen molar-refractivity contribution < 1.29 is 13.2 Å². The fraction of sp³-hybridized carbons (Fsp3) is 0.500. The smallest absolute Gasteiger partial charge is 0.147 e. The van der Waals surface area contributed by atoms with Crippen LogP contribution >= 0.6 is 0 Å². The van der Waals surface area contributed by atoms with Gasteiger partial charge in [-0.2, -0.15) is 0 Å². The van der Waals surface area contributed by atoms with Gasteiger partial charge in [-0.3, -0.25) is 4.79 Å². The van der Waals surface area contributed by atoms with E-state index in [9.17, 15) is 13.2 Å². The number of sulfone groups is 1. The second-order valence-electron chi connectivity index (χ2n) is 4.83. The van der Waals surface area contributed by atoms with Gasteiger partial charge in [0, 0.05) is 25.1 Å². The maximum atomic E-state index is 11.6. The number of benzene rings is 1. The largest absolute Gasteiger partial charge is 0.324 e. The molecule has 1 aromatic carbocycles. The van der Waals surface area contributed by atoms with Gasteiger partial charge in [-0.25, -0.2) is 8.42 Å². The van der Waals surface area contributed by atoms with Crippen LogP contribution in [0.5, 0.6) is 0 Å².